The van der Waals surface area contributed by atoms with Crippen molar-refractivity contribution in [2.24, 2.45) is 0 Å². The third kappa shape index (κ3) is 3.92. The monoisotopic (exact) mass is 372 g/mol. The first-order valence-electron chi connectivity index (χ1n) is 7.81. The van der Waals surface area contributed by atoms with E-state index in [4.69, 9.17) is 16.3 Å². The van der Waals surface area contributed by atoms with E-state index in [1.165, 1.54) is 0 Å². The standard InChI is InChI=1S/C17H17ClF3N3O/c1-25-14-4-2-13(3-5-14)23-6-8-24(9-7-23)16-15(18)10-12(11-22-16)17(19,20)21/h2-5,10-11H,6-9H2,1H3/p+1. The zero-order valence-electron chi connectivity index (χ0n) is 13.6. The van der Waals surface area contributed by atoms with Crippen LogP contribution in [0.4, 0.5) is 24.7 Å². The zero-order chi connectivity index (χ0) is 18.0. The molecule has 0 bridgehead atoms. The predicted octanol–water partition coefficient (Wildman–Crippen LogP) is 3.51. The van der Waals surface area contributed by atoms with E-state index in [1.807, 2.05) is 29.2 Å². The molecule has 0 radical (unpaired) electrons. The summed E-state index contributed by atoms with van der Waals surface area (Å²) in [7, 11) is 1.62. The van der Waals surface area contributed by atoms with Crippen LogP contribution in [0.2, 0.25) is 5.02 Å². The molecule has 0 unspecified atom stereocenters. The highest BCUT2D eigenvalue weighted by atomic mass is 35.5. The minimum atomic E-state index is -4.41. The summed E-state index contributed by atoms with van der Waals surface area (Å²) in [5.74, 6) is 1.32. The molecule has 1 aliphatic heterocycles. The Hall–Kier alpha value is -2.15. The van der Waals surface area contributed by atoms with Crippen molar-refractivity contribution in [2.75, 3.05) is 43.1 Å². The van der Waals surface area contributed by atoms with Crippen LogP contribution in [0.5, 0.6) is 5.75 Å². The molecular weight excluding hydrogens is 355 g/mol. The Morgan fingerprint density at radius 3 is 2.16 bits per heavy atom. The number of ether oxygens (including phenoxy) is 1. The number of anilines is 2. The van der Waals surface area contributed by atoms with Gasteiger partial charge >= 0.3 is 6.18 Å². The number of pyridine rings is 1. The molecule has 1 fully saturated rings. The molecule has 1 aromatic carbocycles. The van der Waals surface area contributed by atoms with E-state index in [0.29, 0.717) is 18.9 Å². The van der Waals surface area contributed by atoms with Crippen LogP contribution in [0.1, 0.15) is 5.56 Å². The van der Waals surface area contributed by atoms with Gasteiger partial charge in [0.25, 0.3) is 5.82 Å². The number of piperazine rings is 1. The number of nitrogens with one attached hydrogen (secondary N) is 1. The molecule has 1 saturated heterocycles. The van der Waals surface area contributed by atoms with Crippen molar-refractivity contribution in [2.45, 2.75) is 6.18 Å². The van der Waals surface area contributed by atoms with E-state index in [2.05, 4.69) is 9.88 Å². The molecule has 2 aromatic rings. The average Bonchev–Trinajstić information content (AvgIpc) is 2.61. The van der Waals surface area contributed by atoms with Gasteiger partial charge in [0.1, 0.15) is 30.1 Å². The van der Waals surface area contributed by atoms with Gasteiger partial charge in [-0.05, 0) is 30.3 Å². The summed E-state index contributed by atoms with van der Waals surface area (Å²) in [6.45, 7) is 2.82. The third-order valence-corrected chi connectivity index (χ3v) is 4.52. The Labute approximate surface area is 148 Å². The number of hydrogen-bond acceptors (Lipinski definition) is 3. The first-order valence-corrected chi connectivity index (χ1v) is 8.18. The van der Waals surface area contributed by atoms with Crippen LogP contribution in [0, 0.1) is 0 Å². The van der Waals surface area contributed by atoms with E-state index in [9.17, 15) is 13.2 Å². The van der Waals surface area contributed by atoms with Gasteiger partial charge in [-0.1, -0.05) is 11.6 Å². The Balaban J connectivity index is 1.67. The van der Waals surface area contributed by atoms with Crippen molar-refractivity contribution in [3.05, 3.63) is 47.1 Å². The highest BCUT2D eigenvalue weighted by Gasteiger charge is 2.34. The maximum Gasteiger partial charge on any atom is 0.419 e. The quantitative estimate of drug-likeness (QED) is 0.826. The predicted molar refractivity (Wildman–Crippen MR) is 90.4 cm³/mol. The smallest absolute Gasteiger partial charge is 0.419 e. The number of aromatic amines is 1. The largest absolute Gasteiger partial charge is 0.497 e. The molecule has 0 amide bonds. The van der Waals surface area contributed by atoms with Crippen molar-refractivity contribution in [1.29, 1.82) is 0 Å². The normalized spacial score (nSPS) is 15.4. The minimum Gasteiger partial charge on any atom is -0.497 e. The average molecular weight is 373 g/mol. The van der Waals surface area contributed by atoms with Crippen LogP contribution in [-0.2, 0) is 6.18 Å². The van der Waals surface area contributed by atoms with Gasteiger partial charge in [0.2, 0.25) is 0 Å². The first kappa shape index (κ1) is 17.7. The lowest BCUT2D eigenvalue weighted by Gasteiger charge is -2.32. The van der Waals surface area contributed by atoms with Crippen molar-refractivity contribution >= 4 is 23.1 Å². The van der Waals surface area contributed by atoms with Gasteiger partial charge in [-0.2, -0.15) is 13.2 Å². The molecule has 3 rings (SSSR count). The molecule has 1 aliphatic rings. The highest BCUT2D eigenvalue weighted by molar-refractivity contribution is 6.32. The summed E-state index contributed by atoms with van der Waals surface area (Å²) < 4.78 is 43.3. The van der Waals surface area contributed by atoms with E-state index in [0.717, 1.165) is 36.8 Å². The van der Waals surface area contributed by atoms with Crippen LogP contribution in [0.15, 0.2) is 36.5 Å². The van der Waals surface area contributed by atoms with Crippen molar-refractivity contribution < 1.29 is 22.9 Å². The second-order valence-corrected chi connectivity index (χ2v) is 6.16. The molecule has 25 heavy (non-hydrogen) atoms. The molecule has 0 atom stereocenters. The summed E-state index contributed by atoms with van der Waals surface area (Å²) in [6.07, 6.45) is -3.46. The number of alkyl halides is 3. The van der Waals surface area contributed by atoms with Gasteiger partial charge in [-0.25, -0.2) is 4.98 Å². The van der Waals surface area contributed by atoms with E-state index in [-0.39, 0.29) is 5.02 Å². The number of H-pyrrole nitrogens is 1. The van der Waals surface area contributed by atoms with Crippen molar-refractivity contribution in [3.8, 4) is 5.75 Å². The van der Waals surface area contributed by atoms with Crippen LogP contribution in [0.25, 0.3) is 0 Å². The molecule has 0 spiro atoms. The number of nitrogens with zero attached hydrogens (tertiary/aromatic N) is 2. The summed E-state index contributed by atoms with van der Waals surface area (Å²) >= 11 is 6.06. The van der Waals surface area contributed by atoms with Gasteiger partial charge in [-0.3, -0.25) is 4.90 Å². The van der Waals surface area contributed by atoms with E-state index >= 15 is 0 Å². The third-order valence-electron chi connectivity index (χ3n) is 4.23. The summed E-state index contributed by atoms with van der Waals surface area (Å²) in [5.41, 5.74) is 0.307. The van der Waals surface area contributed by atoms with E-state index < -0.39 is 11.7 Å². The molecule has 2 heterocycles. The molecular formula is C17H18ClF3N3O+. The van der Waals surface area contributed by atoms with Gasteiger partial charge < -0.3 is 9.64 Å². The lowest BCUT2D eigenvalue weighted by molar-refractivity contribution is -0.367. The van der Waals surface area contributed by atoms with Crippen LogP contribution in [0.3, 0.4) is 0 Å². The number of halogens is 4. The second kappa shape index (κ2) is 7.00. The summed E-state index contributed by atoms with van der Waals surface area (Å²) in [5, 5.41) is 0.0766. The Bertz CT molecular complexity index is 729. The molecule has 1 N–H and O–H groups in total. The molecule has 1 aromatic heterocycles. The fraction of sp³-hybridized carbons (Fsp3) is 0.353. The van der Waals surface area contributed by atoms with Gasteiger partial charge in [-0.15, -0.1) is 0 Å². The number of rotatable bonds is 3. The summed E-state index contributed by atoms with van der Waals surface area (Å²) in [6, 6.07) is 8.76. The maximum absolute atomic E-state index is 12.7. The first-order chi connectivity index (χ1) is 11.9. The van der Waals surface area contributed by atoms with Gasteiger partial charge in [0.05, 0.1) is 25.8 Å². The van der Waals surface area contributed by atoms with E-state index in [1.54, 1.807) is 7.11 Å². The van der Waals surface area contributed by atoms with Crippen LogP contribution >= 0.6 is 11.6 Å². The highest BCUT2D eigenvalue weighted by Crippen LogP contribution is 2.32. The Kier molecular flexibility index (Phi) is 4.94. The molecule has 0 aliphatic carbocycles. The fourth-order valence-corrected chi connectivity index (χ4v) is 3.14. The number of aromatic nitrogens is 1. The molecule has 134 valence electrons. The number of hydrogen-bond donors (Lipinski definition) is 0. The summed E-state index contributed by atoms with van der Waals surface area (Å²) in [4.78, 5) is 6.87. The lowest BCUT2D eigenvalue weighted by Crippen LogP contribution is -2.48. The second-order valence-electron chi connectivity index (χ2n) is 5.75. The van der Waals surface area contributed by atoms with Crippen molar-refractivity contribution in [1.82, 2.24) is 0 Å². The minimum absolute atomic E-state index is 0.0766. The fourth-order valence-electron chi connectivity index (χ4n) is 2.85. The topological polar surface area (TPSA) is 29.9 Å². The molecule has 8 heteroatoms. The Morgan fingerprint density at radius 1 is 1.04 bits per heavy atom. The number of benzene rings is 1. The van der Waals surface area contributed by atoms with Gasteiger partial charge in [0.15, 0.2) is 0 Å². The lowest BCUT2D eigenvalue weighted by atomic mass is 10.2. The Morgan fingerprint density at radius 2 is 1.64 bits per heavy atom. The van der Waals surface area contributed by atoms with Gasteiger partial charge in [0, 0.05) is 5.69 Å². The van der Waals surface area contributed by atoms with Crippen LogP contribution < -0.4 is 19.5 Å². The molecule has 0 saturated carbocycles. The van der Waals surface area contributed by atoms with Crippen LogP contribution in [-0.4, -0.2) is 33.3 Å². The molecule has 4 nitrogen and oxygen atoms in total. The zero-order valence-corrected chi connectivity index (χ0v) is 14.4. The number of methoxy groups -OCH3 is 1. The van der Waals surface area contributed by atoms with Crippen molar-refractivity contribution in [3.63, 3.8) is 0 Å². The SMILES string of the molecule is COc1ccc(N2CCN(c3[nH+]cc(C(F)(F)F)cc3Cl)CC2)cc1. The maximum atomic E-state index is 12.7.